The summed E-state index contributed by atoms with van der Waals surface area (Å²) in [6.45, 7) is 1.75. The van der Waals surface area contributed by atoms with Crippen LogP contribution in [-0.4, -0.2) is 26.0 Å². The molecule has 0 bridgehead atoms. The molecule has 0 spiro atoms. The SMILES string of the molecule is CC(S)NC(=O)Cc1cccc(NS(C)(=O)=O)c1. The molecule has 0 fully saturated rings. The van der Waals surface area contributed by atoms with Crippen molar-refractivity contribution in [2.24, 2.45) is 0 Å². The third kappa shape index (κ3) is 5.92. The van der Waals surface area contributed by atoms with Crippen LogP contribution in [0.1, 0.15) is 12.5 Å². The summed E-state index contributed by atoms with van der Waals surface area (Å²) in [7, 11) is -3.30. The number of benzene rings is 1. The number of sulfonamides is 1. The smallest absolute Gasteiger partial charge is 0.229 e. The second-order valence-corrected chi connectivity index (χ2v) is 6.52. The predicted octanol–water partition coefficient (Wildman–Crippen LogP) is 0.993. The molecular weight excluding hydrogens is 272 g/mol. The quantitative estimate of drug-likeness (QED) is 0.559. The Morgan fingerprint density at radius 2 is 2.11 bits per heavy atom. The van der Waals surface area contributed by atoms with E-state index in [4.69, 9.17) is 0 Å². The van der Waals surface area contributed by atoms with E-state index < -0.39 is 10.0 Å². The fraction of sp³-hybridized carbons (Fsp3) is 0.364. The zero-order chi connectivity index (χ0) is 13.8. The van der Waals surface area contributed by atoms with E-state index in [1.54, 1.807) is 31.2 Å². The first-order valence-corrected chi connectivity index (χ1v) is 7.71. The summed E-state index contributed by atoms with van der Waals surface area (Å²) in [6, 6.07) is 6.71. The molecule has 0 aliphatic heterocycles. The molecule has 0 radical (unpaired) electrons. The third-order valence-electron chi connectivity index (χ3n) is 1.96. The average molecular weight is 288 g/mol. The van der Waals surface area contributed by atoms with Crippen LogP contribution in [0.2, 0.25) is 0 Å². The van der Waals surface area contributed by atoms with Gasteiger partial charge in [-0.3, -0.25) is 9.52 Å². The molecule has 1 rings (SSSR count). The highest BCUT2D eigenvalue weighted by molar-refractivity contribution is 7.92. The molecule has 5 nitrogen and oxygen atoms in total. The van der Waals surface area contributed by atoms with Gasteiger partial charge < -0.3 is 5.32 Å². The van der Waals surface area contributed by atoms with E-state index in [9.17, 15) is 13.2 Å². The van der Waals surface area contributed by atoms with Crippen LogP contribution >= 0.6 is 12.6 Å². The van der Waals surface area contributed by atoms with Crippen LogP contribution in [0.25, 0.3) is 0 Å². The number of nitrogens with one attached hydrogen (secondary N) is 2. The van der Waals surface area contributed by atoms with Crippen LogP contribution in [-0.2, 0) is 21.2 Å². The summed E-state index contributed by atoms with van der Waals surface area (Å²) in [4.78, 5) is 11.5. The lowest BCUT2D eigenvalue weighted by atomic mass is 10.1. The van der Waals surface area contributed by atoms with Crippen LogP contribution < -0.4 is 10.0 Å². The van der Waals surface area contributed by atoms with Crippen LogP contribution in [0.4, 0.5) is 5.69 Å². The Balaban J connectivity index is 2.74. The number of thiol groups is 1. The number of anilines is 1. The van der Waals surface area contributed by atoms with Gasteiger partial charge in [0.2, 0.25) is 15.9 Å². The standard InChI is InChI=1S/C11H16N2O3S2/c1-8(17)12-11(14)7-9-4-3-5-10(6-9)13-18(2,15)16/h3-6,8,13,17H,7H2,1-2H3,(H,12,14). The van der Waals surface area contributed by atoms with Crippen LogP contribution in [0.3, 0.4) is 0 Å². The lowest BCUT2D eigenvalue weighted by Gasteiger charge is -2.09. The molecule has 0 aromatic heterocycles. The molecule has 1 aromatic carbocycles. The molecule has 7 heteroatoms. The highest BCUT2D eigenvalue weighted by atomic mass is 32.2. The van der Waals surface area contributed by atoms with Crippen molar-refractivity contribution in [1.82, 2.24) is 5.32 Å². The van der Waals surface area contributed by atoms with Crippen LogP contribution in [0, 0.1) is 0 Å². The monoisotopic (exact) mass is 288 g/mol. The number of hydrogen-bond acceptors (Lipinski definition) is 4. The predicted molar refractivity (Wildman–Crippen MR) is 75.2 cm³/mol. The molecule has 0 aliphatic rings. The Kier molecular flexibility index (Phi) is 5.03. The Labute approximate surface area is 112 Å². The first kappa shape index (κ1) is 14.8. The van der Waals surface area contributed by atoms with Crippen molar-refractivity contribution in [3.63, 3.8) is 0 Å². The van der Waals surface area contributed by atoms with Crippen LogP contribution in [0.15, 0.2) is 24.3 Å². The van der Waals surface area contributed by atoms with Gasteiger partial charge in [-0.1, -0.05) is 12.1 Å². The average Bonchev–Trinajstić information content (AvgIpc) is 2.13. The van der Waals surface area contributed by atoms with Crippen LogP contribution in [0.5, 0.6) is 0 Å². The lowest BCUT2D eigenvalue weighted by Crippen LogP contribution is -2.29. The molecule has 0 aliphatic carbocycles. The van der Waals surface area contributed by atoms with Crippen molar-refractivity contribution in [2.45, 2.75) is 18.7 Å². The van der Waals surface area contributed by atoms with Crippen molar-refractivity contribution in [3.8, 4) is 0 Å². The molecule has 0 saturated heterocycles. The molecule has 1 aromatic rings. The van der Waals surface area contributed by atoms with Crippen molar-refractivity contribution in [2.75, 3.05) is 11.0 Å². The van der Waals surface area contributed by atoms with Gasteiger partial charge in [-0.2, -0.15) is 12.6 Å². The van der Waals surface area contributed by atoms with E-state index >= 15 is 0 Å². The van der Waals surface area contributed by atoms with Gasteiger partial charge in [0.25, 0.3) is 0 Å². The first-order chi connectivity index (χ1) is 8.26. The fourth-order valence-corrected chi connectivity index (χ4v) is 2.13. The summed E-state index contributed by atoms with van der Waals surface area (Å²) in [6.07, 6.45) is 1.26. The number of carbonyl (C=O) groups is 1. The van der Waals surface area contributed by atoms with E-state index in [1.165, 1.54) is 0 Å². The van der Waals surface area contributed by atoms with Gasteiger partial charge in [0, 0.05) is 5.69 Å². The number of carbonyl (C=O) groups excluding carboxylic acids is 1. The Bertz CT molecular complexity index is 527. The van der Waals surface area contributed by atoms with Gasteiger partial charge in [-0.05, 0) is 24.6 Å². The maximum Gasteiger partial charge on any atom is 0.229 e. The molecule has 1 unspecified atom stereocenters. The summed E-state index contributed by atoms with van der Waals surface area (Å²) < 4.78 is 24.5. The summed E-state index contributed by atoms with van der Waals surface area (Å²) in [5.74, 6) is -0.158. The second kappa shape index (κ2) is 6.10. The molecule has 0 heterocycles. The highest BCUT2D eigenvalue weighted by Gasteiger charge is 2.07. The van der Waals surface area contributed by atoms with Gasteiger partial charge in [0.15, 0.2) is 0 Å². The van der Waals surface area contributed by atoms with Crippen molar-refractivity contribution in [1.29, 1.82) is 0 Å². The third-order valence-corrected chi connectivity index (χ3v) is 2.70. The van der Waals surface area contributed by atoms with Gasteiger partial charge in [0.1, 0.15) is 0 Å². The second-order valence-electron chi connectivity index (χ2n) is 3.99. The number of rotatable bonds is 5. The normalized spacial score (nSPS) is 12.8. The van der Waals surface area contributed by atoms with Gasteiger partial charge in [-0.15, -0.1) is 0 Å². The van der Waals surface area contributed by atoms with Gasteiger partial charge in [0.05, 0.1) is 18.1 Å². The van der Waals surface area contributed by atoms with Crippen molar-refractivity contribution < 1.29 is 13.2 Å². The van der Waals surface area contributed by atoms with E-state index in [2.05, 4.69) is 22.7 Å². The Morgan fingerprint density at radius 1 is 1.44 bits per heavy atom. The molecular formula is C11H16N2O3S2. The largest absolute Gasteiger partial charge is 0.345 e. The zero-order valence-corrected chi connectivity index (χ0v) is 11.9. The summed E-state index contributed by atoms with van der Waals surface area (Å²) in [5.41, 5.74) is 1.18. The van der Waals surface area contributed by atoms with Crippen molar-refractivity contribution >= 4 is 34.2 Å². The van der Waals surface area contributed by atoms with Gasteiger partial charge >= 0.3 is 0 Å². The highest BCUT2D eigenvalue weighted by Crippen LogP contribution is 2.12. The molecule has 1 amide bonds. The molecule has 100 valence electrons. The minimum absolute atomic E-state index is 0.158. The maximum atomic E-state index is 11.5. The minimum atomic E-state index is -3.30. The Morgan fingerprint density at radius 3 is 2.67 bits per heavy atom. The van der Waals surface area contributed by atoms with Gasteiger partial charge in [-0.25, -0.2) is 8.42 Å². The van der Waals surface area contributed by atoms with E-state index in [0.29, 0.717) is 5.69 Å². The molecule has 2 N–H and O–H groups in total. The molecule has 1 atom stereocenters. The maximum absolute atomic E-state index is 11.5. The lowest BCUT2D eigenvalue weighted by molar-refractivity contribution is -0.120. The fourth-order valence-electron chi connectivity index (χ4n) is 1.43. The number of hydrogen-bond donors (Lipinski definition) is 3. The Hall–Kier alpha value is -1.21. The van der Waals surface area contributed by atoms with E-state index in [0.717, 1.165) is 11.8 Å². The molecule has 0 saturated carbocycles. The van der Waals surface area contributed by atoms with E-state index in [-0.39, 0.29) is 17.7 Å². The van der Waals surface area contributed by atoms with E-state index in [1.807, 2.05) is 0 Å². The zero-order valence-electron chi connectivity index (χ0n) is 10.2. The number of amides is 1. The minimum Gasteiger partial charge on any atom is -0.345 e. The summed E-state index contributed by atoms with van der Waals surface area (Å²) >= 11 is 4.06. The first-order valence-electron chi connectivity index (χ1n) is 5.30. The summed E-state index contributed by atoms with van der Waals surface area (Å²) in [5, 5.41) is 2.43. The molecule has 18 heavy (non-hydrogen) atoms. The van der Waals surface area contributed by atoms with Crippen molar-refractivity contribution in [3.05, 3.63) is 29.8 Å². The topological polar surface area (TPSA) is 75.3 Å².